The van der Waals surface area contributed by atoms with E-state index in [0.29, 0.717) is 15.8 Å². The van der Waals surface area contributed by atoms with Gasteiger partial charge < -0.3 is 9.94 Å². The molecule has 0 radical (unpaired) electrons. The number of benzene rings is 1. The van der Waals surface area contributed by atoms with Crippen LogP contribution in [0.5, 0.6) is 5.75 Å². The van der Waals surface area contributed by atoms with E-state index in [1.807, 2.05) is 12.1 Å². The number of nitrogens with zero attached hydrogens (tertiary/aromatic N) is 2. The molecule has 0 unspecified atom stereocenters. The largest absolute Gasteiger partial charge is 0.497 e. The van der Waals surface area contributed by atoms with Crippen LogP contribution in [0.25, 0.3) is 5.57 Å². The Labute approximate surface area is 125 Å². The van der Waals surface area contributed by atoms with Gasteiger partial charge in [-0.15, -0.1) is 0 Å². The van der Waals surface area contributed by atoms with Gasteiger partial charge in [-0.25, -0.2) is 0 Å². The predicted molar refractivity (Wildman–Crippen MR) is 80.9 cm³/mol. The lowest BCUT2D eigenvalue weighted by molar-refractivity contribution is 0.320. The third-order valence-electron chi connectivity index (χ3n) is 2.83. The maximum absolute atomic E-state index is 9.37. The number of ether oxygens (including phenoxy) is 1. The lowest BCUT2D eigenvalue weighted by atomic mass is 9.97. The first-order valence-electron chi connectivity index (χ1n) is 5.76. The van der Waals surface area contributed by atoms with Crippen LogP contribution in [0, 0.1) is 11.3 Å². The van der Waals surface area contributed by atoms with E-state index in [9.17, 15) is 5.26 Å². The first-order valence-corrected chi connectivity index (χ1v) is 6.55. The summed E-state index contributed by atoms with van der Waals surface area (Å²) in [4.78, 5) is 0. The van der Waals surface area contributed by atoms with E-state index in [2.05, 4.69) is 27.2 Å². The van der Waals surface area contributed by atoms with Gasteiger partial charge >= 0.3 is 0 Å². The molecular weight excluding hydrogens is 320 g/mol. The zero-order valence-corrected chi connectivity index (χ0v) is 12.3. The summed E-state index contributed by atoms with van der Waals surface area (Å²) in [5.74, 6) is 0.738. The Balaban J connectivity index is 2.47. The summed E-state index contributed by atoms with van der Waals surface area (Å²) >= 11 is 3.30. The zero-order chi connectivity index (χ0) is 14.5. The number of methoxy groups -OCH3 is 1. The van der Waals surface area contributed by atoms with Gasteiger partial charge in [-0.3, -0.25) is 0 Å². The van der Waals surface area contributed by atoms with Crippen molar-refractivity contribution in [3.8, 4) is 11.8 Å². The number of hydrogen-bond acceptors (Lipinski definition) is 4. The van der Waals surface area contributed by atoms with Crippen molar-refractivity contribution in [1.29, 1.82) is 5.26 Å². The zero-order valence-electron chi connectivity index (χ0n) is 10.7. The molecule has 0 aromatic heterocycles. The van der Waals surface area contributed by atoms with Crippen LogP contribution < -0.4 is 4.74 Å². The molecule has 0 saturated carbocycles. The van der Waals surface area contributed by atoms with Gasteiger partial charge in [0.25, 0.3) is 0 Å². The minimum absolute atomic E-state index is 0.417. The first-order chi connectivity index (χ1) is 9.69. The van der Waals surface area contributed by atoms with Crippen molar-refractivity contribution < 1.29 is 9.94 Å². The van der Waals surface area contributed by atoms with Gasteiger partial charge in [-0.2, -0.15) is 5.26 Å². The normalized spacial score (nSPS) is 18.4. The molecule has 0 bridgehead atoms. The fourth-order valence-corrected chi connectivity index (χ4v) is 2.26. The number of oxime groups is 1. The van der Waals surface area contributed by atoms with Crippen molar-refractivity contribution in [2.45, 2.75) is 0 Å². The second-order valence-corrected chi connectivity index (χ2v) is 4.84. The fraction of sp³-hybridized carbons (Fsp3) is 0.0667. The van der Waals surface area contributed by atoms with E-state index in [4.69, 9.17) is 9.94 Å². The first kappa shape index (κ1) is 14.1. The molecule has 0 amide bonds. The SMILES string of the molecule is COc1ccc(C(C#N)=C2C=CC(=NO)C(Br)=C2)cc1. The minimum atomic E-state index is 0.417. The summed E-state index contributed by atoms with van der Waals surface area (Å²) in [5.41, 5.74) is 2.50. The Morgan fingerprint density at radius 1 is 1.30 bits per heavy atom. The van der Waals surface area contributed by atoms with Crippen molar-refractivity contribution in [2.24, 2.45) is 5.16 Å². The van der Waals surface area contributed by atoms with E-state index < -0.39 is 0 Å². The van der Waals surface area contributed by atoms with Crippen molar-refractivity contribution in [3.63, 3.8) is 0 Å². The molecule has 1 aliphatic carbocycles. The highest BCUT2D eigenvalue weighted by molar-refractivity contribution is 9.12. The standard InChI is InChI=1S/C15H11BrN2O2/c1-20-12-5-2-10(3-6-12)13(9-17)11-4-7-15(18-19)14(16)8-11/h2-8,19H,1H3. The van der Waals surface area contributed by atoms with Crippen molar-refractivity contribution in [3.05, 3.63) is 58.1 Å². The Hall–Kier alpha value is -2.32. The molecule has 0 fully saturated rings. The average Bonchev–Trinajstić information content (AvgIpc) is 2.49. The van der Waals surface area contributed by atoms with Gasteiger partial charge in [0.1, 0.15) is 17.5 Å². The van der Waals surface area contributed by atoms with Crippen LogP contribution in [0.1, 0.15) is 5.56 Å². The molecule has 0 aliphatic heterocycles. The molecule has 0 heterocycles. The molecule has 0 atom stereocenters. The third-order valence-corrected chi connectivity index (χ3v) is 3.47. The van der Waals surface area contributed by atoms with E-state index >= 15 is 0 Å². The summed E-state index contributed by atoms with van der Waals surface area (Å²) < 4.78 is 5.72. The maximum Gasteiger partial charge on any atom is 0.118 e. The van der Waals surface area contributed by atoms with Crippen molar-refractivity contribution in [2.75, 3.05) is 7.11 Å². The second kappa shape index (κ2) is 6.22. The van der Waals surface area contributed by atoms with Gasteiger partial charge in [0.05, 0.1) is 12.7 Å². The number of halogens is 1. The van der Waals surface area contributed by atoms with Gasteiger partial charge in [-0.1, -0.05) is 11.2 Å². The van der Waals surface area contributed by atoms with Crippen LogP contribution in [-0.4, -0.2) is 18.0 Å². The molecular formula is C15H11BrN2O2. The van der Waals surface area contributed by atoms with Crippen LogP contribution in [0.2, 0.25) is 0 Å². The Kier molecular flexibility index (Phi) is 4.38. The summed E-state index contributed by atoms with van der Waals surface area (Å²) in [7, 11) is 1.60. The van der Waals surface area contributed by atoms with E-state index in [0.717, 1.165) is 16.9 Å². The highest BCUT2D eigenvalue weighted by Gasteiger charge is 2.12. The second-order valence-electron chi connectivity index (χ2n) is 3.98. The monoisotopic (exact) mass is 330 g/mol. The van der Waals surface area contributed by atoms with Crippen LogP contribution in [0.15, 0.2) is 57.7 Å². The molecule has 2 rings (SSSR count). The molecule has 0 spiro atoms. The maximum atomic E-state index is 9.37. The molecule has 5 heteroatoms. The third kappa shape index (κ3) is 2.81. The number of allylic oxidation sites excluding steroid dienone is 6. The topological polar surface area (TPSA) is 65.6 Å². The van der Waals surface area contributed by atoms with Crippen molar-refractivity contribution in [1.82, 2.24) is 0 Å². The highest BCUT2D eigenvalue weighted by atomic mass is 79.9. The summed E-state index contributed by atoms with van der Waals surface area (Å²) in [5, 5.41) is 21.3. The highest BCUT2D eigenvalue weighted by Crippen LogP contribution is 2.27. The molecule has 1 aliphatic rings. The van der Waals surface area contributed by atoms with Gasteiger partial charge in [-0.05, 0) is 63.5 Å². The lowest BCUT2D eigenvalue weighted by Crippen LogP contribution is -2.00. The number of rotatable bonds is 2. The van der Waals surface area contributed by atoms with Crippen molar-refractivity contribution >= 4 is 27.2 Å². The Morgan fingerprint density at radius 3 is 2.50 bits per heavy atom. The van der Waals surface area contributed by atoms with Gasteiger partial charge in [0, 0.05) is 4.48 Å². The van der Waals surface area contributed by atoms with E-state index in [-0.39, 0.29) is 0 Å². The Morgan fingerprint density at radius 2 is 2.00 bits per heavy atom. The predicted octanol–water partition coefficient (Wildman–Crippen LogP) is 3.65. The van der Waals surface area contributed by atoms with E-state index in [1.54, 1.807) is 37.5 Å². The molecule has 4 nitrogen and oxygen atoms in total. The fourth-order valence-electron chi connectivity index (χ4n) is 1.80. The molecule has 20 heavy (non-hydrogen) atoms. The summed E-state index contributed by atoms with van der Waals surface area (Å²) in [6, 6.07) is 9.47. The van der Waals surface area contributed by atoms with Crippen LogP contribution >= 0.6 is 15.9 Å². The average molecular weight is 331 g/mol. The van der Waals surface area contributed by atoms with Crippen LogP contribution in [-0.2, 0) is 0 Å². The van der Waals surface area contributed by atoms with E-state index in [1.165, 1.54) is 0 Å². The molecule has 100 valence electrons. The van der Waals surface area contributed by atoms with Crippen LogP contribution in [0.3, 0.4) is 0 Å². The minimum Gasteiger partial charge on any atom is -0.497 e. The molecule has 0 saturated heterocycles. The van der Waals surface area contributed by atoms with Crippen LogP contribution in [0.4, 0.5) is 0 Å². The number of hydrogen-bond donors (Lipinski definition) is 1. The van der Waals surface area contributed by atoms with Gasteiger partial charge in [0.2, 0.25) is 0 Å². The lowest BCUT2D eigenvalue weighted by Gasteiger charge is -2.09. The smallest absolute Gasteiger partial charge is 0.118 e. The Bertz CT molecular complexity index is 677. The molecule has 1 N–H and O–H groups in total. The molecule has 1 aromatic rings. The quantitative estimate of drug-likeness (QED) is 0.511. The number of nitriles is 1. The summed E-state index contributed by atoms with van der Waals surface area (Å²) in [6.45, 7) is 0. The molecule has 1 aromatic carbocycles. The summed E-state index contributed by atoms with van der Waals surface area (Å²) in [6.07, 6.45) is 5.13. The van der Waals surface area contributed by atoms with Gasteiger partial charge in [0.15, 0.2) is 0 Å².